The van der Waals surface area contributed by atoms with Crippen LogP contribution < -0.4 is 16.8 Å². The van der Waals surface area contributed by atoms with Gasteiger partial charge in [0, 0.05) is 31.0 Å². The number of primary amides is 2. The molecule has 172 valence electrons. The van der Waals surface area contributed by atoms with Crippen LogP contribution in [0.4, 0.5) is 0 Å². The van der Waals surface area contributed by atoms with Crippen LogP contribution >= 0.6 is 0 Å². The van der Waals surface area contributed by atoms with Crippen molar-refractivity contribution in [2.24, 2.45) is 29.2 Å². The first-order valence-electron chi connectivity index (χ1n) is 11.9. The Morgan fingerprint density at radius 2 is 1.63 bits per heavy atom. The maximum atomic E-state index is 13.4. The lowest BCUT2D eigenvalue weighted by molar-refractivity contribution is -0.145. The zero-order chi connectivity index (χ0) is 22.3. The molecule has 2 aliphatic rings. The molecule has 0 aromatic rings. The molecule has 1 aliphatic carbocycles. The van der Waals surface area contributed by atoms with E-state index in [1.54, 1.807) is 0 Å². The van der Waals surface area contributed by atoms with Gasteiger partial charge < -0.3 is 21.7 Å². The van der Waals surface area contributed by atoms with Crippen molar-refractivity contribution < 1.29 is 14.4 Å². The van der Waals surface area contributed by atoms with Gasteiger partial charge in [0.15, 0.2) is 0 Å². The molecule has 2 unspecified atom stereocenters. The summed E-state index contributed by atoms with van der Waals surface area (Å²) in [4.78, 5) is 39.7. The lowest BCUT2D eigenvalue weighted by atomic mass is 9.79. The van der Waals surface area contributed by atoms with E-state index in [0.717, 1.165) is 19.3 Å². The summed E-state index contributed by atoms with van der Waals surface area (Å²) in [5, 5.41) is 3.57. The van der Waals surface area contributed by atoms with E-state index in [1.165, 1.54) is 19.3 Å². The van der Waals surface area contributed by atoms with Crippen LogP contribution in [-0.2, 0) is 14.4 Å². The number of nitrogens with zero attached hydrogens (tertiary/aromatic N) is 1. The minimum atomic E-state index is -0.737. The molecule has 0 aromatic carbocycles. The molecular weight excluding hydrogens is 380 g/mol. The van der Waals surface area contributed by atoms with Crippen LogP contribution in [0.15, 0.2) is 0 Å². The van der Waals surface area contributed by atoms with Gasteiger partial charge in [-0.2, -0.15) is 0 Å². The first-order chi connectivity index (χ1) is 14.2. The highest BCUT2D eigenvalue weighted by atomic mass is 16.2. The lowest BCUT2D eigenvalue weighted by Gasteiger charge is -2.44. The predicted octanol–water partition coefficient (Wildman–Crippen LogP) is 2.32. The number of likely N-dealkylation sites (tertiary alicyclic amines) is 1. The quantitative estimate of drug-likeness (QED) is 0.500. The van der Waals surface area contributed by atoms with E-state index in [2.05, 4.69) is 19.2 Å². The van der Waals surface area contributed by atoms with E-state index in [4.69, 9.17) is 11.5 Å². The fourth-order valence-electron chi connectivity index (χ4n) is 5.24. The number of carbonyl (C=O) groups excluding carboxylic acids is 3. The second kappa shape index (κ2) is 11.1. The normalized spacial score (nSPS) is 21.9. The molecule has 3 amide bonds. The van der Waals surface area contributed by atoms with Crippen LogP contribution in [0.5, 0.6) is 0 Å². The molecular formula is C23H42N4O3. The lowest BCUT2D eigenvalue weighted by Crippen LogP contribution is -2.64. The van der Waals surface area contributed by atoms with Gasteiger partial charge in [0.05, 0.1) is 0 Å². The molecule has 1 saturated carbocycles. The summed E-state index contributed by atoms with van der Waals surface area (Å²) in [6, 6.07) is 0.325. The van der Waals surface area contributed by atoms with Crippen molar-refractivity contribution in [3.8, 4) is 0 Å². The van der Waals surface area contributed by atoms with E-state index in [1.807, 2.05) is 11.8 Å². The van der Waals surface area contributed by atoms with Crippen LogP contribution in [0.1, 0.15) is 85.0 Å². The second-order valence-electron chi connectivity index (χ2n) is 9.78. The summed E-state index contributed by atoms with van der Waals surface area (Å²) in [6.45, 7) is 7.09. The largest absolute Gasteiger partial charge is 0.369 e. The third-order valence-electron chi connectivity index (χ3n) is 6.98. The van der Waals surface area contributed by atoms with Gasteiger partial charge in [-0.05, 0) is 44.4 Å². The monoisotopic (exact) mass is 422 g/mol. The fourth-order valence-corrected chi connectivity index (χ4v) is 5.24. The smallest absolute Gasteiger partial charge is 0.237 e. The average molecular weight is 423 g/mol. The zero-order valence-corrected chi connectivity index (χ0v) is 19.1. The standard InChI is InChI=1S/C23H42N4O3/c1-4-8-18(20(24)28)19(15-16(2)3)21(29)27-13-11-23(12-14-27,22(25)30)26-17-9-6-5-7-10-17/h16-19,26H,4-15H2,1-3H3,(H2,24,28)(H2,25,30). The van der Waals surface area contributed by atoms with Crippen LogP contribution in [0.25, 0.3) is 0 Å². The SMILES string of the molecule is CCCC(C(N)=O)C(CC(C)C)C(=O)N1CCC(NC2CCCCC2)(C(N)=O)CC1. The summed E-state index contributed by atoms with van der Waals surface area (Å²) in [6.07, 6.45) is 8.88. The average Bonchev–Trinajstić information content (AvgIpc) is 2.71. The molecule has 1 aliphatic heterocycles. The summed E-state index contributed by atoms with van der Waals surface area (Å²) < 4.78 is 0. The number of amides is 3. The maximum Gasteiger partial charge on any atom is 0.237 e. The van der Waals surface area contributed by atoms with E-state index < -0.39 is 23.3 Å². The Morgan fingerprint density at radius 3 is 2.10 bits per heavy atom. The Morgan fingerprint density at radius 1 is 1.03 bits per heavy atom. The number of hydrogen-bond acceptors (Lipinski definition) is 4. The van der Waals surface area contributed by atoms with Gasteiger partial charge in [0.25, 0.3) is 0 Å². The topological polar surface area (TPSA) is 119 Å². The second-order valence-corrected chi connectivity index (χ2v) is 9.78. The molecule has 30 heavy (non-hydrogen) atoms. The molecule has 1 saturated heterocycles. The highest BCUT2D eigenvalue weighted by molar-refractivity contribution is 5.88. The first kappa shape index (κ1) is 24.6. The molecule has 2 rings (SSSR count). The van der Waals surface area contributed by atoms with Crippen molar-refractivity contribution in [1.29, 1.82) is 0 Å². The summed E-state index contributed by atoms with van der Waals surface area (Å²) >= 11 is 0. The number of hydrogen-bond donors (Lipinski definition) is 3. The van der Waals surface area contributed by atoms with E-state index in [9.17, 15) is 14.4 Å². The van der Waals surface area contributed by atoms with E-state index in [-0.39, 0.29) is 11.8 Å². The Labute approximate surface area is 181 Å². The van der Waals surface area contributed by atoms with Crippen LogP contribution in [-0.4, -0.2) is 47.3 Å². The van der Waals surface area contributed by atoms with Gasteiger partial charge in [-0.15, -0.1) is 0 Å². The molecule has 0 aromatic heterocycles. The highest BCUT2D eigenvalue weighted by Crippen LogP contribution is 2.31. The fraction of sp³-hybridized carbons (Fsp3) is 0.870. The highest BCUT2D eigenvalue weighted by Gasteiger charge is 2.44. The van der Waals surface area contributed by atoms with Gasteiger partial charge >= 0.3 is 0 Å². The van der Waals surface area contributed by atoms with Crippen molar-refractivity contribution in [1.82, 2.24) is 10.2 Å². The number of carbonyl (C=O) groups is 3. The van der Waals surface area contributed by atoms with Gasteiger partial charge in [-0.25, -0.2) is 0 Å². The minimum absolute atomic E-state index is 0.00307. The van der Waals surface area contributed by atoms with Gasteiger partial charge in [-0.1, -0.05) is 46.5 Å². The predicted molar refractivity (Wildman–Crippen MR) is 118 cm³/mol. The number of nitrogens with one attached hydrogen (secondary N) is 1. The molecule has 0 bridgehead atoms. The van der Waals surface area contributed by atoms with E-state index in [0.29, 0.717) is 50.7 Å². The summed E-state index contributed by atoms with van der Waals surface area (Å²) in [7, 11) is 0. The molecule has 1 heterocycles. The van der Waals surface area contributed by atoms with Gasteiger partial charge in [0.1, 0.15) is 5.54 Å². The first-order valence-corrected chi connectivity index (χ1v) is 11.9. The number of piperidine rings is 1. The molecule has 7 nitrogen and oxygen atoms in total. The zero-order valence-electron chi connectivity index (χ0n) is 19.1. The van der Waals surface area contributed by atoms with E-state index >= 15 is 0 Å². The van der Waals surface area contributed by atoms with Crippen molar-refractivity contribution in [2.45, 2.75) is 96.6 Å². The summed E-state index contributed by atoms with van der Waals surface area (Å²) in [5.41, 5.74) is 10.8. The molecule has 2 fully saturated rings. The Bertz CT molecular complexity index is 593. The Balaban J connectivity index is 2.09. The maximum absolute atomic E-state index is 13.4. The molecule has 0 spiro atoms. The van der Waals surface area contributed by atoms with Crippen LogP contribution in [0, 0.1) is 17.8 Å². The van der Waals surface area contributed by atoms with Crippen molar-refractivity contribution >= 4 is 17.7 Å². The van der Waals surface area contributed by atoms with Crippen LogP contribution in [0.2, 0.25) is 0 Å². The Hall–Kier alpha value is -1.63. The molecule has 2 atom stereocenters. The molecule has 7 heteroatoms. The Kier molecular flexibility index (Phi) is 9.13. The van der Waals surface area contributed by atoms with Crippen molar-refractivity contribution in [3.63, 3.8) is 0 Å². The third-order valence-corrected chi connectivity index (χ3v) is 6.98. The number of rotatable bonds is 10. The summed E-state index contributed by atoms with van der Waals surface area (Å²) in [5.74, 6) is -1.25. The molecule has 0 radical (unpaired) electrons. The van der Waals surface area contributed by atoms with Gasteiger partial charge in [-0.3, -0.25) is 14.4 Å². The van der Waals surface area contributed by atoms with Gasteiger partial charge in [0.2, 0.25) is 17.7 Å². The van der Waals surface area contributed by atoms with Crippen LogP contribution in [0.3, 0.4) is 0 Å². The van der Waals surface area contributed by atoms with Crippen molar-refractivity contribution in [3.05, 3.63) is 0 Å². The molecule has 5 N–H and O–H groups in total. The number of nitrogens with two attached hydrogens (primary N) is 2. The third kappa shape index (κ3) is 6.19. The minimum Gasteiger partial charge on any atom is -0.369 e. The van der Waals surface area contributed by atoms with Crippen molar-refractivity contribution in [2.75, 3.05) is 13.1 Å².